The first-order chi connectivity index (χ1) is 14.2. The van der Waals surface area contributed by atoms with E-state index in [1.165, 1.54) is 11.3 Å². The van der Waals surface area contributed by atoms with Crippen molar-refractivity contribution in [2.75, 3.05) is 55.7 Å². The minimum atomic E-state index is -0.165. The highest BCUT2D eigenvalue weighted by atomic mass is 16.5. The quantitative estimate of drug-likeness (QED) is 0.716. The number of rotatable bonds is 8. The van der Waals surface area contributed by atoms with Crippen LogP contribution >= 0.6 is 0 Å². The largest absolute Gasteiger partial charge is 0.378 e. The molecule has 156 valence electrons. The molecule has 1 aromatic carbocycles. The summed E-state index contributed by atoms with van der Waals surface area (Å²) in [6.07, 6.45) is 1.79. The highest BCUT2D eigenvalue weighted by Gasteiger charge is 2.16. The topological polar surface area (TPSA) is 69.7 Å². The molecule has 2 heterocycles. The van der Waals surface area contributed by atoms with E-state index in [-0.39, 0.29) is 6.03 Å². The average Bonchev–Trinajstić information content (AvgIpc) is 2.76. The van der Waals surface area contributed by atoms with Crippen molar-refractivity contribution in [2.24, 2.45) is 0 Å². The molecule has 2 amide bonds. The Morgan fingerprint density at radius 2 is 2.03 bits per heavy atom. The molecule has 0 radical (unpaired) electrons. The second kappa shape index (κ2) is 10.7. The maximum atomic E-state index is 12.3. The summed E-state index contributed by atoms with van der Waals surface area (Å²) in [5.41, 5.74) is 3.43. The molecule has 0 unspecified atom stereocenters. The van der Waals surface area contributed by atoms with Crippen LogP contribution in [0.5, 0.6) is 0 Å². The Morgan fingerprint density at radius 1 is 1.21 bits per heavy atom. The van der Waals surface area contributed by atoms with Crippen molar-refractivity contribution in [3.8, 4) is 0 Å². The Morgan fingerprint density at radius 3 is 2.79 bits per heavy atom. The number of ether oxygens (including phenoxy) is 1. The first kappa shape index (κ1) is 20.9. The lowest BCUT2D eigenvalue weighted by atomic mass is 10.2. The van der Waals surface area contributed by atoms with Crippen LogP contribution in [0.4, 0.5) is 16.3 Å². The second-order valence-electron chi connectivity index (χ2n) is 7.11. The zero-order valence-corrected chi connectivity index (χ0v) is 17.4. The van der Waals surface area contributed by atoms with E-state index in [0.29, 0.717) is 26.3 Å². The van der Waals surface area contributed by atoms with Crippen molar-refractivity contribution in [1.82, 2.24) is 15.6 Å². The number of anilines is 2. The molecule has 0 atom stereocenters. The molecule has 0 aliphatic carbocycles. The van der Waals surface area contributed by atoms with E-state index in [4.69, 9.17) is 4.74 Å². The highest BCUT2D eigenvalue weighted by molar-refractivity contribution is 5.74. The number of benzene rings is 1. The minimum absolute atomic E-state index is 0.165. The van der Waals surface area contributed by atoms with E-state index in [9.17, 15) is 4.79 Å². The van der Waals surface area contributed by atoms with Crippen LogP contribution in [-0.4, -0.2) is 57.0 Å². The lowest BCUT2D eigenvalue weighted by Gasteiger charge is -2.29. The van der Waals surface area contributed by atoms with Crippen LogP contribution < -0.4 is 20.4 Å². The first-order valence-electron chi connectivity index (χ1n) is 10.3. The predicted molar refractivity (Wildman–Crippen MR) is 117 cm³/mol. The zero-order valence-electron chi connectivity index (χ0n) is 17.4. The lowest BCUT2D eigenvalue weighted by Crippen LogP contribution is -2.41. The van der Waals surface area contributed by atoms with E-state index < -0.39 is 0 Å². The number of amides is 2. The van der Waals surface area contributed by atoms with Crippen molar-refractivity contribution in [2.45, 2.75) is 20.4 Å². The number of aryl methyl sites for hydroxylation is 1. The van der Waals surface area contributed by atoms with E-state index in [1.54, 1.807) is 6.20 Å². The summed E-state index contributed by atoms with van der Waals surface area (Å²) in [6.45, 7) is 9.95. The monoisotopic (exact) mass is 397 g/mol. The second-order valence-corrected chi connectivity index (χ2v) is 7.11. The Kier molecular flexibility index (Phi) is 7.69. The van der Waals surface area contributed by atoms with Gasteiger partial charge in [-0.15, -0.1) is 0 Å². The molecule has 7 heteroatoms. The Labute approximate surface area is 173 Å². The molecule has 3 rings (SSSR count). The van der Waals surface area contributed by atoms with Crippen LogP contribution in [0.3, 0.4) is 0 Å². The fraction of sp³-hybridized carbons (Fsp3) is 0.455. The molecule has 1 saturated heterocycles. The Balaban J connectivity index is 1.47. The molecule has 0 saturated carbocycles. The van der Waals surface area contributed by atoms with Crippen molar-refractivity contribution in [3.63, 3.8) is 0 Å². The summed E-state index contributed by atoms with van der Waals surface area (Å²) in [5, 5.41) is 5.91. The summed E-state index contributed by atoms with van der Waals surface area (Å²) in [7, 11) is 0. The summed E-state index contributed by atoms with van der Waals surface area (Å²) >= 11 is 0. The smallest absolute Gasteiger partial charge is 0.315 e. The summed E-state index contributed by atoms with van der Waals surface area (Å²) in [5.74, 6) is 0.924. The summed E-state index contributed by atoms with van der Waals surface area (Å²) < 4.78 is 5.42. The van der Waals surface area contributed by atoms with Crippen LogP contribution in [0.2, 0.25) is 0 Å². The maximum Gasteiger partial charge on any atom is 0.315 e. The number of hydrogen-bond acceptors (Lipinski definition) is 5. The molecule has 2 aromatic rings. The van der Waals surface area contributed by atoms with Gasteiger partial charge >= 0.3 is 6.03 Å². The van der Waals surface area contributed by atoms with Crippen molar-refractivity contribution < 1.29 is 9.53 Å². The van der Waals surface area contributed by atoms with Gasteiger partial charge in [-0.3, -0.25) is 0 Å². The molecule has 1 aromatic heterocycles. The van der Waals surface area contributed by atoms with Gasteiger partial charge in [-0.25, -0.2) is 9.78 Å². The van der Waals surface area contributed by atoms with Gasteiger partial charge in [-0.1, -0.05) is 18.2 Å². The fourth-order valence-corrected chi connectivity index (χ4v) is 3.46. The number of pyridine rings is 1. The molecular formula is C22H31N5O2. The number of carbonyl (C=O) groups excluding carboxylic acids is 1. The van der Waals surface area contributed by atoms with Crippen LogP contribution in [0, 0.1) is 6.92 Å². The lowest BCUT2D eigenvalue weighted by molar-refractivity contribution is 0.122. The van der Waals surface area contributed by atoms with Crippen LogP contribution in [0.1, 0.15) is 18.1 Å². The van der Waals surface area contributed by atoms with Gasteiger partial charge in [0, 0.05) is 56.7 Å². The van der Waals surface area contributed by atoms with Gasteiger partial charge < -0.3 is 25.2 Å². The number of likely N-dealkylation sites (N-methyl/N-ethyl adjacent to an activating group) is 1. The van der Waals surface area contributed by atoms with E-state index in [0.717, 1.165) is 37.6 Å². The van der Waals surface area contributed by atoms with Gasteiger partial charge in [0.2, 0.25) is 0 Å². The van der Waals surface area contributed by atoms with Gasteiger partial charge in [0.1, 0.15) is 5.82 Å². The SMILES string of the molecule is CCN(CCNC(=O)NCc1cccnc1N1CCOCC1)c1cccc(C)c1. The molecule has 0 spiro atoms. The number of hydrogen-bond donors (Lipinski definition) is 2. The third-order valence-corrected chi connectivity index (χ3v) is 5.03. The van der Waals surface area contributed by atoms with E-state index >= 15 is 0 Å². The van der Waals surface area contributed by atoms with Crippen molar-refractivity contribution in [3.05, 3.63) is 53.7 Å². The number of aromatic nitrogens is 1. The minimum Gasteiger partial charge on any atom is -0.378 e. The molecule has 2 N–H and O–H groups in total. The van der Waals surface area contributed by atoms with Gasteiger partial charge in [-0.2, -0.15) is 0 Å². The first-order valence-corrected chi connectivity index (χ1v) is 10.3. The molecule has 1 aliphatic rings. The third kappa shape index (κ3) is 6.09. The number of nitrogens with zero attached hydrogens (tertiary/aromatic N) is 3. The van der Waals surface area contributed by atoms with Gasteiger partial charge in [-0.05, 0) is 37.6 Å². The van der Waals surface area contributed by atoms with Crippen LogP contribution in [0.25, 0.3) is 0 Å². The highest BCUT2D eigenvalue weighted by Crippen LogP contribution is 2.18. The van der Waals surface area contributed by atoms with Gasteiger partial charge in [0.15, 0.2) is 0 Å². The molecule has 1 aliphatic heterocycles. The Hall–Kier alpha value is -2.80. The van der Waals surface area contributed by atoms with Crippen molar-refractivity contribution in [1.29, 1.82) is 0 Å². The predicted octanol–water partition coefficient (Wildman–Crippen LogP) is 2.55. The molecular weight excluding hydrogens is 366 g/mol. The number of nitrogens with one attached hydrogen (secondary N) is 2. The molecule has 0 bridgehead atoms. The van der Waals surface area contributed by atoms with Crippen molar-refractivity contribution >= 4 is 17.5 Å². The summed E-state index contributed by atoms with van der Waals surface area (Å²) in [4.78, 5) is 21.2. The average molecular weight is 398 g/mol. The third-order valence-electron chi connectivity index (χ3n) is 5.03. The molecule has 1 fully saturated rings. The molecule has 29 heavy (non-hydrogen) atoms. The maximum absolute atomic E-state index is 12.3. The Bertz CT molecular complexity index is 792. The number of urea groups is 1. The zero-order chi connectivity index (χ0) is 20.5. The molecule has 7 nitrogen and oxygen atoms in total. The fourth-order valence-electron chi connectivity index (χ4n) is 3.46. The van der Waals surface area contributed by atoms with Crippen LogP contribution in [-0.2, 0) is 11.3 Å². The standard InChI is InChI=1S/C22H31N5O2/c1-3-26(20-8-4-6-18(2)16-20)11-10-24-22(28)25-17-19-7-5-9-23-21(19)27-12-14-29-15-13-27/h4-9,16H,3,10-15,17H2,1-2H3,(H2,24,25,28). The normalized spacial score (nSPS) is 13.8. The summed E-state index contributed by atoms with van der Waals surface area (Å²) in [6, 6.07) is 12.2. The van der Waals surface area contributed by atoms with Crippen LogP contribution in [0.15, 0.2) is 42.6 Å². The van der Waals surface area contributed by atoms with Gasteiger partial charge in [0.05, 0.1) is 13.2 Å². The number of morpholine rings is 1. The van der Waals surface area contributed by atoms with E-state index in [1.807, 2.05) is 12.1 Å². The van der Waals surface area contributed by atoms with Gasteiger partial charge in [0.25, 0.3) is 0 Å². The van der Waals surface area contributed by atoms with E-state index in [2.05, 4.69) is 63.5 Å². The number of carbonyl (C=O) groups is 1.